The predicted octanol–water partition coefficient (Wildman–Crippen LogP) is 8.13. The van der Waals surface area contributed by atoms with E-state index < -0.39 is 0 Å². The number of nitrogens with zero attached hydrogens (tertiary/aromatic N) is 2. The van der Waals surface area contributed by atoms with E-state index in [1.54, 1.807) is 12.1 Å². The molecule has 158 valence electrons. The van der Waals surface area contributed by atoms with Crippen molar-refractivity contribution in [3.8, 4) is 22.9 Å². The summed E-state index contributed by atoms with van der Waals surface area (Å²) >= 11 is 6.04. The summed E-state index contributed by atoms with van der Waals surface area (Å²) in [5, 5.41) is 0.641. The second-order valence-electron chi connectivity index (χ2n) is 7.70. The van der Waals surface area contributed by atoms with Gasteiger partial charge in [0.15, 0.2) is 11.2 Å². The molecular weight excluding hydrogens is 432 g/mol. The van der Waals surface area contributed by atoms with Crippen LogP contribution in [0.2, 0.25) is 5.02 Å². The van der Waals surface area contributed by atoms with Gasteiger partial charge < -0.3 is 8.83 Å². The predicted molar refractivity (Wildman–Crippen MR) is 133 cm³/mol. The maximum Gasteiger partial charge on any atom is 0.227 e. The minimum atomic E-state index is 0.577. The number of rotatable bonds is 4. The van der Waals surface area contributed by atoms with E-state index in [9.17, 15) is 0 Å². The van der Waals surface area contributed by atoms with Gasteiger partial charge in [0.25, 0.3) is 0 Å². The second kappa shape index (κ2) is 8.08. The molecule has 0 aliphatic carbocycles. The summed E-state index contributed by atoms with van der Waals surface area (Å²) in [6.07, 6.45) is 4.12. The second-order valence-corrected chi connectivity index (χ2v) is 8.14. The zero-order chi connectivity index (χ0) is 22.2. The van der Waals surface area contributed by atoms with Crippen LogP contribution in [-0.4, -0.2) is 9.97 Å². The maximum atomic E-state index is 6.04. The molecule has 6 rings (SSSR count). The van der Waals surface area contributed by atoms with Gasteiger partial charge in [0.2, 0.25) is 11.8 Å². The Hall–Kier alpha value is -4.15. The Balaban J connectivity index is 1.23. The molecular formula is C28H17ClN2O2. The summed E-state index contributed by atoms with van der Waals surface area (Å²) < 4.78 is 11.8. The Bertz CT molecular complexity index is 1610. The first kappa shape index (κ1) is 19.5. The number of aromatic nitrogens is 2. The lowest BCUT2D eigenvalue weighted by molar-refractivity contribution is 0.619. The fourth-order valence-electron chi connectivity index (χ4n) is 3.70. The molecule has 0 aliphatic rings. The number of benzene rings is 4. The molecule has 4 aromatic carbocycles. The molecule has 0 saturated carbocycles. The van der Waals surface area contributed by atoms with Crippen LogP contribution >= 0.6 is 11.6 Å². The van der Waals surface area contributed by atoms with Gasteiger partial charge in [0, 0.05) is 16.1 Å². The van der Waals surface area contributed by atoms with E-state index in [0.29, 0.717) is 16.8 Å². The molecule has 0 aliphatic heterocycles. The zero-order valence-electron chi connectivity index (χ0n) is 17.4. The van der Waals surface area contributed by atoms with Crippen molar-refractivity contribution in [1.82, 2.24) is 9.97 Å². The quantitative estimate of drug-likeness (QED) is 0.255. The average molecular weight is 449 g/mol. The van der Waals surface area contributed by atoms with Crippen LogP contribution < -0.4 is 0 Å². The molecule has 4 nitrogen and oxygen atoms in total. The van der Waals surface area contributed by atoms with Crippen molar-refractivity contribution < 1.29 is 8.83 Å². The highest BCUT2D eigenvalue weighted by Crippen LogP contribution is 2.28. The average Bonchev–Trinajstić information content (AvgIpc) is 3.47. The van der Waals surface area contributed by atoms with Gasteiger partial charge >= 0.3 is 0 Å². The van der Waals surface area contributed by atoms with Crippen LogP contribution in [0.4, 0.5) is 0 Å². The van der Waals surface area contributed by atoms with E-state index in [1.807, 2.05) is 78.9 Å². The largest absolute Gasteiger partial charge is 0.436 e. The van der Waals surface area contributed by atoms with Gasteiger partial charge in [-0.05, 0) is 65.7 Å². The van der Waals surface area contributed by atoms with Crippen LogP contribution in [-0.2, 0) is 0 Å². The van der Waals surface area contributed by atoms with Gasteiger partial charge in [0.1, 0.15) is 11.0 Å². The third-order valence-electron chi connectivity index (χ3n) is 5.41. The summed E-state index contributed by atoms with van der Waals surface area (Å²) in [5.41, 5.74) is 7.07. The molecule has 0 N–H and O–H groups in total. The molecule has 0 atom stereocenters. The molecule has 0 radical (unpaired) electrons. The first-order chi connectivity index (χ1) is 16.2. The van der Waals surface area contributed by atoms with E-state index >= 15 is 0 Å². The van der Waals surface area contributed by atoms with Crippen LogP contribution in [0.3, 0.4) is 0 Å². The van der Waals surface area contributed by atoms with Crippen molar-refractivity contribution in [2.75, 3.05) is 0 Å². The fraction of sp³-hybridized carbons (Fsp3) is 0. The van der Waals surface area contributed by atoms with Gasteiger partial charge in [0.05, 0.1) is 0 Å². The minimum Gasteiger partial charge on any atom is -0.436 e. The summed E-state index contributed by atoms with van der Waals surface area (Å²) in [7, 11) is 0. The number of halogens is 1. The number of hydrogen-bond acceptors (Lipinski definition) is 4. The lowest BCUT2D eigenvalue weighted by Crippen LogP contribution is -1.78. The van der Waals surface area contributed by atoms with Crippen LogP contribution in [0, 0.1) is 0 Å². The Morgan fingerprint density at radius 3 is 2.06 bits per heavy atom. The number of oxazole rings is 2. The summed E-state index contributed by atoms with van der Waals surface area (Å²) in [6.45, 7) is 0. The molecule has 0 saturated heterocycles. The Morgan fingerprint density at radius 1 is 0.576 bits per heavy atom. The van der Waals surface area contributed by atoms with Crippen LogP contribution in [0.5, 0.6) is 0 Å². The van der Waals surface area contributed by atoms with E-state index in [2.05, 4.69) is 22.1 Å². The smallest absolute Gasteiger partial charge is 0.227 e. The van der Waals surface area contributed by atoms with E-state index in [0.717, 1.165) is 44.5 Å². The van der Waals surface area contributed by atoms with Gasteiger partial charge in [-0.2, -0.15) is 0 Å². The van der Waals surface area contributed by atoms with Crippen molar-refractivity contribution in [1.29, 1.82) is 0 Å². The van der Waals surface area contributed by atoms with Crippen LogP contribution in [0.15, 0.2) is 99.8 Å². The normalized spacial score (nSPS) is 11.7. The topological polar surface area (TPSA) is 52.1 Å². The molecule has 2 aromatic heterocycles. The van der Waals surface area contributed by atoms with Gasteiger partial charge in [-0.25, -0.2) is 9.97 Å². The monoisotopic (exact) mass is 448 g/mol. The molecule has 6 aromatic rings. The zero-order valence-corrected chi connectivity index (χ0v) is 18.2. The molecule has 0 fully saturated rings. The Labute approximate surface area is 194 Å². The lowest BCUT2D eigenvalue weighted by atomic mass is 10.1. The standard InChI is InChI=1S/C28H17ClN2O2/c29-22-13-15-25-24(17-22)31-28(32-25)21-11-8-18(9-12-21)6-7-19-10-14-23-26(16-19)33-27(30-23)20-4-2-1-3-5-20/h1-17H/b7-6+. The maximum absolute atomic E-state index is 6.04. The highest BCUT2D eigenvalue weighted by molar-refractivity contribution is 6.31. The molecule has 5 heteroatoms. The van der Waals surface area contributed by atoms with Crippen molar-refractivity contribution in [3.05, 3.63) is 107 Å². The van der Waals surface area contributed by atoms with Crippen molar-refractivity contribution in [2.24, 2.45) is 0 Å². The molecule has 2 heterocycles. The molecule has 0 spiro atoms. The van der Waals surface area contributed by atoms with E-state index in [-0.39, 0.29) is 0 Å². The minimum absolute atomic E-state index is 0.577. The van der Waals surface area contributed by atoms with Crippen LogP contribution in [0.1, 0.15) is 11.1 Å². The fourth-order valence-corrected chi connectivity index (χ4v) is 3.87. The number of hydrogen-bond donors (Lipinski definition) is 0. The molecule has 0 bridgehead atoms. The Kier molecular flexibility index (Phi) is 4.78. The van der Waals surface area contributed by atoms with E-state index in [1.165, 1.54) is 0 Å². The molecule has 0 amide bonds. The highest BCUT2D eigenvalue weighted by Gasteiger charge is 2.09. The highest BCUT2D eigenvalue weighted by atomic mass is 35.5. The third kappa shape index (κ3) is 3.93. The van der Waals surface area contributed by atoms with Crippen molar-refractivity contribution >= 4 is 46.0 Å². The number of fused-ring (bicyclic) bond motifs is 2. The first-order valence-corrected chi connectivity index (χ1v) is 10.9. The van der Waals surface area contributed by atoms with Gasteiger partial charge in [-0.3, -0.25) is 0 Å². The van der Waals surface area contributed by atoms with Crippen molar-refractivity contribution in [2.45, 2.75) is 0 Å². The SMILES string of the molecule is Clc1ccc2oc(-c3ccc(/C=C/c4ccc5nc(-c6ccccc6)oc5c4)cc3)nc2c1. The van der Waals surface area contributed by atoms with Crippen molar-refractivity contribution in [3.63, 3.8) is 0 Å². The summed E-state index contributed by atoms with van der Waals surface area (Å²) in [6, 6.07) is 29.4. The van der Waals surface area contributed by atoms with Crippen LogP contribution in [0.25, 0.3) is 57.3 Å². The van der Waals surface area contributed by atoms with Gasteiger partial charge in [-0.15, -0.1) is 0 Å². The molecule has 0 unspecified atom stereocenters. The lowest BCUT2D eigenvalue weighted by Gasteiger charge is -1.98. The third-order valence-corrected chi connectivity index (χ3v) is 5.64. The van der Waals surface area contributed by atoms with E-state index in [4.69, 9.17) is 20.4 Å². The molecule has 33 heavy (non-hydrogen) atoms. The Morgan fingerprint density at radius 2 is 1.24 bits per heavy atom. The van der Waals surface area contributed by atoms with Gasteiger partial charge in [-0.1, -0.05) is 60.2 Å². The first-order valence-electron chi connectivity index (χ1n) is 10.5. The summed E-state index contributed by atoms with van der Waals surface area (Å²) in [5.74, 6) is 1.21. The summed E-state index contributed by atoms with van der Waals surface area (Å²) in [4.78, 5) is 9.12.